The second-order valence-electron chi connectivity index (χ2n) is 7.73. The lowest BCUT2D eigenvalue weighted by atomic mass is 10.1. The van der Waals surface area contributed by atoms with Crippen molar-refractivity contribution in [1.82, 2.24) is 9.97 Å². The van der Waals surface area contributed by atoms with Gasteiger partial charge in [-0.3, -0.25) is 19.7 Å². The Labute approximate surface area is 204 Å². The second-order valence-corrected chi connectivity index (χ2v) is 8.76. The van der Waals surface area contributed by atoms with Crippen LogP contribution in [0.15, 0.2) is 36.7 Å². The van der Waals surface area contributed by atoms with Gasteiger partial charge in [-0.2, -0.15) is 13.2 Å². The van der Waals surface area contributed by atoms with Gasteiger partial charge in [0.25, 0.3) is 11.8 Å². The molecule has 0 radical (unpaired) electrons. The molecular weight excluding hydrogens is 506 g/mol. The molecule has 0 aliphatic heterocycles. The van der Waals surface area contributed by atoms with E-state index >= 15 is 0 Å². The van der Waals surface area contributed by atoms with E-state index in [2.05, 4.69) is 20.6 Å². The summed E-state index contributed by atoms with van der Waals surface area (Å²) in [5.41, 5.74) is -0.00683. The standard InChI is InChI=1S/C22H17F4N5O4S/c1-10-6-14(23)13(18(32)30-17-5-4-12(8-27-17)35-11-2-3-11)7-15(10)29-19(33)16-9-28-21(36-16)31-20(34)22(24,25)26/h4-9,11H,2-3H2,1H3,(H,29,33)(H,27,30,32)(H,28,31,34). The number of nitrogens with zero attached hydrogens (tertiary/aromatic N) is 2. The smallest absolute Gasteiger partial charge is 0.471 e. The lowest BCUT2D eigenvalue weighted by Gasteiger charge is -2.12. The number of rotatable bonds is 7. The van der Waals surface area contributed by atoms with E-state index in [0.717, 1.165) is 31.2 Å². The number of aryl methyl sites for hydroxylation is 1. The molecule has 36 heavy (non-hydrogen) atoms. The maximum atomic E-state index is 14.5. The van der Waals surface area contributed by atoms with Crippen LogP contribution in [0.5, 0.6) is 5.75 Å². The first-order valence-electron chi connectivity index (χ1n) is 10.4. The summed E-state index contributed by atoms with van der Waals surface area (Å²) >= 11 is 0.508. The number of thiazole rings is 1. The van der Waals surface area contributed by atoms with Gasteiger partial charge in [-0.05, 0) is 49.6 Å². The van der Waals surface area contributed by atoms with Gasteiger partial charge in [0.05, 0.1) is 24.1 Å². The van der Waals surface area contributed by atoms with Crippen LogP contribution < -0.4 is 20.7 Å². The lowest BCUT2D eigenvalue weighted by Crippen LogP contribution is -2.29. The van der Waals surface area contributed by atoms with Gasteiger partial charge in [-0.25, -0.2) is 14.4 Å². The van der Waals surface area contributed by atoms with Crippen LogP contribution in [-0.2, 0) is 4.79 Å². The topological polar surface area (TPSA) is 122 Å². The number of carbonyl (C=O) groups excluding carboxylic acids is 3. The molecule has 14 heteroatoms. The van der Waals surface area contributed by atoms with Crippen LogP contribution in [0, 0.1) is 12.7 Å². The molecule has 188 valence electrons. The van der Waals surface area contributed by atoms with E-state index < -0.39 is 34.8 Å². The molecule has 1 aromatic carbocycles. The Bertz CT molecular complexity index is 1320. The number of alkyl halides is 3. The Balaban J connectivity index is 1.44. The van der Waals surface area contributed by atoms with Crippen molar-refractivity contribution < 1.29 is 36.7 Å². The summed E-state index contributed by atoms with van der Waals surface area (Å²) in [7, 11) is 0. The monoisotopic (exact) mass is 523 g/mol. The van der Waals surface area contributed by atoms with Gasteiger partial charge in [0.2, 0.25) is 0 Å². The normalized spacial score (nSPS) is 13.1. The summed E-state index contributed by atoms with van der Waals surface area (Å²) in [6.07, 6.45) is -0.575. The first-order valence-corrected chi connectivity index (χ1v) is 11.2. The fraction of sp³-hybridized carbons (Fsp3) is 0.227. The van der Waals surface area contributed by atoms with E-state index in [1.165, 1.54) is 19.2 Å². The van der Waals surface area contributed by atoms with E-state index in [-0.39, 0.29) is 33.6 Å². The molecule has 3 N–H and O–H groups in total. The maximum Gasteiger partial charge on any atom is 0.471 e. The third-order valence-corrected chi connectivity index (χ3v) is 5.73. The van der Waals surface area contributed by atoms with Crippen molar-refractivity contribution in [1.29, 1.82) is 0 Å². The van der Waals surface area contributed by atoms with Crippen molar-refractivity contribution in [2.24, 2.45) is 0 Å². The number of amides is 3. The van der Waals surface area contributed by atoms with Gasteiger partial charge in [-0.1, -0.05) is 11.3 Å². The van der Waals surface area contributed by atoms with Crippen LogP contribution in [0.2, 0.25) is 0 Å². The van der Waals surface area contributed by atoms with Crippen LogP contribution in [-0.4, -0.2) is 40.0 Å². The molecule has 0 atom stereocenters. The van der Waals surface area contributed by atoms with Crippen molar-refractivity contribution >= 4 is 45.7 Å². The predicted molar refractivity (Wildman–Crippen MR) is 122 cm³/mol. The number of anilines is 3. The summed E-state index contributed by atoms with van der Waals surface area (Å²) in [6, 6.07) is 5.30. The van der Waals surface area contributed by atoms with Gasteiger partial charge < -0.3 is 15.4 Å². The molecule has 0 spiro atoms. The zero-order valence-corrected chi connectivity index (χ0v) is 19.2. The summed E-state index contributed by atoms with van der Waals surface area (Å²) in [5.74, 6) is -3.96. The SMILES string of the molecule is Cc1cc(F)c(C(=O)Nc2ccc(OC3CC3)cn2)cc1NC(=O)c1cnc(NC(=O)C(F)(F)F)s1. The molecule has 0 bridgehead atoms. The van der Waals surface area contributed by atoms with Crippen molar-refractivity contribution in [2.75, 3.05) is 16.0 Å². The van der Waals surface area contributed by atoms with E-state index in [4.69, 9.17) is 4.74 Å². The van der Waals surface area contributed by atoms with E-state index in [0.29, 0.717) is 17.1 Å². The summed E-state index contributed by atoms with van der Waals surface area (Å²) in [5, 5.41) is 6.04. The number of hydrogen-bond donors (Lipinski definition) is 3. The molecule has 0 saturated heterocycles. The maximum absolute atomic E-state index is 14.5. The molecule has 1 fully saturated rings. The minimum atomic E-state index is -5.11. The van der Waals surface area contributed by atoms with Gasteiger partial charge in [0.15, 0.2) is 5.13 Å². The highest BCUT2D eigenvalue weighted by Gasteiger charge is 2.39. The molecule has 4 rings (SSSR count). The number of hydrogen-bond acceptors (Lipinski definition) is 7. The second kappa shape index (κ2) is 9.89. The Morgan fingerprint density at radius 3 is 2.42 bits per heavy atom. The van der Waals surface area contributed by atoms with Crippen molar-refractivity contribution in [3.05, 3.63) is 58.5 Å². The zero-order chi connectivity index (χ0) is 26.0. The number of halogens is 4. The third-order valence-electron chi connectivity index (χ3n) is 4.82. The molecule has 1 saturated carbocycles. The van der Waals surface area contributed by atoms with Crippen molar-refractivity contribution in [2.45, 2.75) is 32.0 Å². The van der Waals surface area contributed by atoms with E-state index in [1.807, 2.05) is 0 Å². The minimum absolute atomic E-state index is 0.0852. The molecule has 1 aliphatic rings. The predicted octanol–water partition coefficient (Wildman–Crippen LogP) is 4.53. The Morgan fingerprint density at radius 2 is 1.78 bits per heavy atom. The van der Waals surface area contributed by atoms with Crippen LogP contribution in [0.1, 0.15) is 38.4 Å². The molecule has 2 heterocycles. The minimum Gasteiger partial charge on any atom is -0.489 e. The summed E-state index contributed by atoms with van der Waals surface area (Å²) in [4.78, 5) is 43.7. The van der Waals surface area contributed by atoms with Crippen molar-refractivity contribution in [3.63, 3.8) is 0 Å². The number of benzene rings is 1. The van der Waals surface area contributed by atoms with Crippen molar-refractivity contribution in [3.8, 4) is 5.75 Å². The fourth-order valence-corrected chi connectivity index (χ4v) is 3.56. The van der Waals surface area contributed by atoms with Crippen LogP contribution in [0.3, 0.4) is 0 Å². The highest BCUT2D eigenvalue weighted by Crippen LogP contribution is 2.28. The first kappa shape index (κ1) is 25.0. The van der Waals surface area contributed by atoms with Gasteiger partial charge in [0.1, 0.15) is 22.3 Å². The number of nitrogens with one attached hydrogen (secondary N) is 3. The number of carbonyl (C=O) groups is 3. The van der Waals surface area contributed by atoms with Crippen LogP contribution in [0.25, 0.3) is 0 Å². The summed E-state index contributed by atoms with van der Waals surface area (Å²) < 4.78 is 57.3. The number of pyridine rings is 1. The highest BCUT2D eigenvalue weighted by atomic mass is 32.1. The van der Waals surface area contributed by atoms with Gasteiger partial charge >= 0.3 is 12.1 Å². The molecule has 3 aromatic rings. The van der Waals surface area contributed by atoms with E-state index in [1.54, 1.807) is 11.4 Å². The average Bonchev–Trinajstić information content (AvgIpc) is 3.50. The largest absolute Gasteiger partial charge is 0.489 e. The van der Waals surface area contributed by atoms with E-state index in [9.17, 15) is 31.9 Å². The van der Waals surface area contributed by atoms with Gasteiger partial charge in [-0.15, -0.1) is 0 Å². The number of ether oxygens (including phenoxy) is 1. The Morgan fingerprint density at radius 1 is 1.03 bits per heavy atom. The van der Waals surface area contributed by atoms with Crippen LogP contribution in [0.4, 0.5) is 34.2 Å². The highest BCUT2D eigenvalue weighted by molar-refractivity contribution is 7.17. The fourth-order valence-electron chi connectivity index (χ4n) is 2.86. The van der Waals surface area contributed by atoms with Crippen LogP contribution >= 0.6 is 11.3 Å². The molecule has 9 nitrogen and oxygen atoms in total. The quantitative estimate of drug-likeness (QED) is 0.391. The molecular formula is C22H17F4N5O4S. The first-order chi connectivity index (χ1) is 17.0. The van der Waals surface area contributed by atoms with Gasteiger partial charge in [0, 0.05) is 5.69 Å². The molecule has 2 aromatic heterocycles. The lowest BCUT2D eigenvalue weighted by molar-refractivity contribution is -0.167. The molecule has 0 unspecified atom stereocenters. The summed E-state index contributed by atoms with van der Waals surface area (Å²) in [6.45, 7) is 1.49. The third kappa shape index (κ3) is 6.13. The molecule has 3 amide bonds. The zero-order valence-electron chi connectivity index (χ0n) is 18.4. The molecule has 1 aliphatic carbocycles. The number of aromatic nitrogens is 2. The average molecular weight is 523 g/mol. The Kier molecular flexibility index (Phi) is 6.88. The Hall–Kier alpha value is -4.07.